The second-order valence-electron chi connectivity index (χ2n) is 4.44. The fourth-order valence-corrected chi connectivity index (χ4v) is 2.06. The van der Waals surface area contributed by atoms with Crippen LogP contribution in [0.25, 0.3) is 0 Å². The molecule has 1 aliphatic rings. The molecule has 6 nitrogen and oxygen atoms in total. The van der Waals surface area contributed by atoms with Crippen LogP contribution in [0, 0.1) is 6.92 Å². The SMILES string of the molecule is Cc1nc(NC2(CN)CCOCC2)cc(=O)[nH]1. The van der Waals surface area contributed by atoms with Crippen LogP contribution in [-0.2, 0) is 4.74 Å². The van der Waals surface area contributed by atoms with E-state index in [1.54, 1.807) is 6.92 Å². The van der Waals surface area contributed by atoms with Gasteiger partial charge in [0.05, 0.1) is 5.54 Å². The molecule has 0 amide bonds. The largest absolute Gasteiger partial charge is 0.381 e. The molecule has 4 N–H and O–H groups in total. The van der Waals surface area contributed by atoms with E-state index in [2.05, 4.69) is 15.3 Å². The number of nitrogens with zero attached hydrogens (tertiary/aromatic N) is 1. The van der Waals surface area contributed by atoms with Gasteiger partial charge >= 0.3 is 0 Å². The predicted molar refractivity (Wildman–Crippen MR) is 65.1 cm³/mol. The Morgan fingerprint density at radius 2 is 2.29 bits per heavy atom. The van der Waals surface area contributed by atoms with Gasteiger partial charge in [0.1, 0.15) is 11.6 Å². The molecular weight excluding hydrogens is 220 g/mol. The molecule has 1 saturated heterocycles. The van der Waals surface area contributed by atoms with E-state index in [0.29, 0.717) is 31.4 Å². The van der Waals surface area contributed by atoms with E-state index in [-0.39, 0.29) is 11.1 Å². The summed E-state index contributed by atoms with van der Waals surface area (Å²) in [5.41, 5.74) is 5.47. The highest BCUT2D eigenvalue weighted by molar-refractivity contribution is 5.37. The van der Waals surface area contributed by atoms with Gasteiger partial charge in [0.25, 0.3) is 5.56 Å². The fourth-order valence-electron chi connectivity index (χ4n) is 2.06. The third kappa shape index (κ3) is 2.83. The number of nitrogens with one attached hydrogen (secondary N) is 2. The first-order valence-electron chi connectivity index (χ1n) is 5.77. The number of hydrogen-bond acceptors (Lipinski definition) is 5. The Morgan fingerprint density at radius 1 is 1.59 bits per heavy atom. The van der Waals surface area contributed by atoms with E-state index in [1.165, 1.54) is 6.07 Å². The Morgan fingerprint density at radius 3 is 2.88 bits per heavy atom. The fraction of sp³-hybridized carbons (Fsp3) is 0.636. The lowest BCUT2D eigenvalue weighted by molar-refractivity contribution is 0.0627. The third-order valence-corrected chi connectivity index (χ3v) is 3.09. The average Bonchev–Trinajstić information content (AvgIpc) is 2.29. The van der Waals surface area contributed by atoms with Crippen molar-refractivity contribution >= 4 is 5.82 Å². The van der Waals surface area contributed by atoms with Crippen LogP contribution < -0.4 is 16.6 Å². The summed E-state index contributed by atoms with van der Waals surface area (Å²) in [5, 5.41) is 3.29. The van der Waals surface area contributed by atoms with Gasteiger partial charge in [-0.05, 0) is 19.8 Å². The summed E-state index contributed by atoms with van der Waals surface area (Å²) in [4.78, 5) is 18.2. The maximum Gasteiger partial charge on any atom is 0.252 e. The van der Waals surface area contributed by atoms with E-state index < -0.39 is 0 Å². The summed E-state index contributed by atoms with van der Waals surface area (Å²) in [5.74, 6) is 1.18. The third-order valence-electron chi connectivity index (χ3n) is 3.09. The van der Waals surface area contributed by atoms with Crippen LogP contribution in [0.2, 0.25) is 0 Å². The lowest BCUT2D eigenvalue weighted by Gasteiger charge is -2.37. The molecule has 0 bridgehead atoms. The smallest absolute Gasteiger partial charge is 0.252 e. The predicted octanol–water partition coefficient (Wildman–Crippen LogP) is -0.00188. The number of aryl methyl sites for hydroxylation is 1. The molecule has 6 heteroatoms. The van der Waals surface area contributed by atoms with Crippen LogP contribution in [0.1, 0.15) is 18.7 Å². The van der Waals surface area contributed by atoms with Crippen molar-refractivity contribution < 1.29 is 4.74 Å². The van der Waals surface area contributed by atoms with Gasteiger partial charge in [-0.15, -0.1) is 0 Å². The second kappa shape index (κ2) is 4.85. The molecule has 0 atom stereocenters. The molecule has 2 rings (SSSR count). The van der Waals surface area contributed by atoms with E-state index in [0.717, 1.165) is 12.8 Å². The number of aromatic amines is 1. The molecule has 0 aliphatic carbocycles. The molecule has 0 radical (unpaired) electrons. The first-order valence-corrected chi connectivity index (χ1v) is 5.77. The number of anilines is 1. The Bertz CT molecular complexity index is 437. The monoisotopic (exact) mass is 238 g/mol. The summed E-state index contributed by atoms with van der Waals surface area (Å²) in [6, 6.07) is 1.46. The zero-order chi connectivity index (χ0) is 12.3. The highest BCUT2D eigenvalue weighted by atomic mass is 16.5. The van der Waals surface area contributed by atoms with E-state index >= 15 is 0 Å². The lowest BCUT2D eigenvalue weighted by Crippen LogP contribution is -2.50. The summed E-state index contributed by atoms with van der Waals surface area (Å²) >= 11 is 0. The zero-order valence-electron chi connectivity index (χ0n) is 9.95. The number of aromatic nitrogens is 2. The van der Waals surface area contributed by atoms with Gasteiger partial charge in [-0.3, -0.25) is 4.79 Å². The minimum atomic E-state index is -0.203. The summed E-state index contributed by atoms with van der Waals surface area (Å²) in [6.07, 6.45) is 1.66. The number of ether oxygens (including phenoxy) is 1. The molecule has 1 aromatic heterocycles. The number of H-pyrrole nitrogens is 1. The molecule has 17 heavy (non-hydrogen) atoms. The van der Waals surface area contributed by atoms with Crippen molar-refractivity contribution in [3.05, 3.63) is 22.2 Å². The van der Waals surface area contributed by atoms with Crippen LogP contribution in [0.4, 0.5) is 5.82 Å². The zero-order valence-corrected chi connectivity index (χ0v) is 9.95. The van der Waals surface area contributed by atoms with Crippen LogP contribution in [-0.4, -0.2) is 35.3 Å². The van der Waals surface area contributed by atoms with Crippen LogP contribution >= 0.6 is 0 Å². The van der Waals surface area contributed by atoms with Crippen molar-refractivity contribution in [1.29, 1.82) is 0 Å². The van der Waals surface area contributed by atoms with Crippen molar-refractivity contribution in [2.75, 3.05) is 25.1 Å². The van der Waals surface area contributed by atoms with Crippen molar-refractivity contribution in [1.82, 2.24) is 9.97 Å². The first kappa shape index (κ1) is 12.1. The van der Waals surface area contributed by atoms with Crippen molar-refractivity contribution in [2.45, 2.75) is 25.3 Å². The van der Waals surface area contributed by atoms with Crippen molar-refractivity contribution in [3.8, 4) is 0 Å². The first-order chi connectivity index (χ1) is 8.13. The lowest BCUT2D eigenvalue weighted by atomic mass is 9.90. The van der Waals surface area contributed by atoms with Gasteiger partial charge in [0, 0.05) is 25.8 Å². The Labute approximate surface area is 99.6 Å². The minimum Gasteiger partial charge on any atom is -0.381 e. The van der Waals surface area contributed by atoms with Gasteiger partial charge in [0.15, 0.2) is 0 Å². The van der Waals surface area contributed by atoms with Gasteiger partial charge in [0.2, 0.25) is 0 Å². The topological polar surface area (TPSA) is 93.0 Å². The van der Waals surface area contributed by atoms with Gasteiger partial charge in [-0.1, -0.05) is 0 Å². The van der Waals surface area contributed by atoms with E-state index in [9.17, 15) is 4.79 Å². The summed E-state index contributed by atoms with van der Waals surface area (Å²) in [6.45, 7) is 3.63. The number of nitrogens with two attached hydrogens (primary N) is 1. The Balaban J connectivity index is 2.20. The Kier molecular flexibility index (Phi) is 3.44. The van der Waals surface area contributed by atoms with E-state index in [1.807, 2.05) is 0 Å². The molecular formula is C11H18N4O2. The quantitative estimate of drug-likeness (QED) is 0.689. The minimum absolute atomic E-state index is 0.153. The molecule has 0 aromatic carbocycles. The molecule has 0 spiro atoms. The van der Waals surface area contributed by atoms with Gasteiger partial charge in [-0.2, -0.15) is 0 Å². The molecule has 0 unspecified atom stereocenters. The highest BCUT2D eigenvalue weighted by Gasteiger charge is 2.31. The molecule has 1 aromatic rings. The molecule has 0 saturated carbocycles. The molecule has 2 heterocycles. The van der Waals surface area contributed by atoms with E-state index in [4.69, 9.17) is 10.5 Å². The maximum absolute atomic E-state index is 11.4. The molecule has 94 valence electrons. The normalized spacial score (nSPS) is 18.9. The van der Waals surface area contributed by atoms with Crippen molar-refractivity contribution in [3.63, 3.8) is 0 Å². The van der Waals surface area contributed by atoms with Crippen molar-refractivity contribution in [2.24, 2.45) is 5.73 Å². The average molecular weight is 238 g/mol. The van der Waals surface area contributed by atoms with Crippen LogP contribution in [0.3, 0.4) is 0 Å². The summed E-state index contributed by atoms with van der Waals surface area (Å²) < 4.78 is 5.33. The molecule has 1 aliphatic heterocycles. The van der Waals surface area contributed by atoms with Gasteiger partial charge in [-0.25, -0.2) is 4.98 Å². The maximum atomic E-state index is 11.4. The summed E-state index contributed by atoms with van der Waals surface area (Å²) in [7, 11) is 0. The van der Waals surface area contributed by atoms with Crippen LogP contribution in [0.15, 0.2) is 10.9 Å². The van der Waals surface area contributed by atoms with Crippen LogP contribution in [0.5, 0.6) is 0 Å². The van der Waals surface area contributed by atoms with Gasteiger partial charge < -0.3 is 20.8 Å². The Hall–Kier alpha value is -1.40. The second-order valence-corrected chi connectivity index (χ2v) is 4.44. The highest BCUT2D eigenvalue weighted by Crippen LogP contribution is 2.23. The molecule has 1 fully saturated rings. The standard InChI is InChI=1S/C11H18N4O2/c1-8-13-9(6-10(16)14-8)15-11(7-12)2-4-17-5-3-11/h6H,2-5,7,12H2,1H3,(H2,13,14,15,16). The number of rotatable bonds is 3. The number of hydrogen-bond donors (Lipinski definition) is 3.